The van der Waals surface area contributed by atoms with Crippen molar-refractivity contribution in [2.75, 3.05) is 11.9 Å². The molecule has 1 nitrogen and oxygen atoms in total. The summed E-state index contributed by atoms with van der Waals surface area (Å²) in [6, 6.07) is 4.82. The molecule has 1 N–H and O–H groups in total. The SMILES string of the molecule is CC(C)(C)C1CCC(CNc2ccc(F)cc2Br)CC1. The Labute approximate surface area is 130 Å². The van der Waals surface area contributed by atoms with Crippen molar-refractivity contribution in [3.8, 4) is 0 Å². The quantitative estimate of drug-likeness (QED) is 0.726. The molecule has 0 aromatic heterocycles. The van der Waals surface area contributed by atoms with Crippen LogP contribution in [0.4, 0.5) is 10.1 Å². The van der Waals surface area contributed by atoms with Crippen LogP contribution in [0, 0.1) is 23.1 Å². The molecule has 2 rings (SSSR count). The number of anilines is 1. The second kappa shape index (κ2) is 6.46. The molecule has 20 heavy (non-hydrogen) atoms. The van der Waals surface area contributed by atoms with E-state index < -0.39 is 0 Å². The number of nitrogens with one attached hydrogen (secondary N) is 1. The van der Waals surface area contributed by atoms with Gasteiger partial charge in [-0.3, -0.25) is 0 Å². The van der Waals surface area contributed by atoms with E-state index in [-0.39, 0.29) is 5.82 Å². The molecule has 0 atom stereocenters. The first kappa shape index (κ1) is 15.8. The number of hydrogen-bond acceptors (Lipinski definition) is 1. The third kappa shape index (κ3) is 4.21. The Balaban J connectivity index is 1.82. The van der Waals surface area contributed by atoms with Crippen LogP contribution in [-0.2, 0) is 0 Å². The summed E-state index contributed by atoms with van der Waals surface area (Å²) in [5.74, 6) is 1.40. The third-order valence-electron chi connectivity index (χ3n) is 4.58. The van der Waals surface area contributed by atoms with E-state index in [2.05, 4.69) is 42.0 Å². The van der Waals surface area contributed by atoms with Crippen LogP contribution in [0.3, 0.4) is 0 Å². The van der Waals surface area contributed by atoms with Gasteiger partial charge in [0.2, 0.25) is 0 Å². The molecule has 0 amide bonds. The number of hydrogen-bond donors (Lipinski definition) is 1. The fourth-order valence-corrected chi connectivity index (χ4v) is 3.61. The van der Waals surface area contributed by atoms with Gasteiger partial charge in [0.1, 0.15) is 5.82 Å². The minimum Gasteiger partial charge on any atom is -0.384 e. The lowest BCUT2D eigenvalue weighted by Crippen LogP contribution is -2.28. The van der Waals surface area contributed by atoms with Crippen LogP contribution < -0.4 is 5.32 Å². The summed E-state index contributed by atoms with van der Waals surface area (Å²) in [7, 11) is 0. The second-order valence-electron chi connectivity index (χ2n) is 7.09. The molecule has 0 bridgehead atoms. The zero-order chi connectivity index (χ0) is 14.8. The van der Waals surface area contributed by atoms with Crippen molar-refractivity contribution >= 4 is 21.6 Å². The summed E-state index contributed by atoms with van der Waals surface area (Å²) in [5.41, 5.74) is 1.43. The molecule has 0 radical (unpaired) electrons. The van der Waals surface area contributed by atoms with E-state index in [1.807, 2.05) is 0 Å². The van der Waals surface area contributed by atoms with Gasteiger partial charge in [0, 0.05) is 16.7 Å². The number of halogens is 2. The molecule has 0 saturated heterocycles. The zero-order valence-corrected chi connectivity index (χ0v) is 14.3. The van der Waals surface area contributed by atoms with Gasteiger partial charge in [-0.15, -0.1) is 0 Å². The monoisotopic (exact) mass is 341 g/mol. The highest BCUT2D eigenvalue weighted by Gasteiger charge is 2.29. The number of rotatable bonds is 3. The Hall–Kier alpha value is -0.570. The fourth-order valence-electron chi connectivity index (χ4n) is 3.12. The molecule has 3 heteroatoms. The highest BCUT2D eigenvalue weighted by molar-refractivity contribution is 9.10. The predicted octanol–water partition coefficient (Wildman–Crippen LogP) is 5.85. The first-order valence-electron chi connectivity index (χ1n) is 7.55. The van der Waals surface area contributed by atoms with Crippen LogP contribution in [0.2, 0.25) is 0 Å². The summed E-state index contributed by atoms with van der Waals surface area (Å²) in [5, 5.41) is 3.45. The normalized spacial score (nSPS) is 23.6. The van der Waals surface area contributed by atoms with Crippen molar-refractivity contribution in [2.24, 2.45) is 17.3 Å². The molecule has 112 valence electrons. The maximum absolute atomic E-state index is 13.0. The lowest BCUT2D eigenvalue weighted by atomic mass is 9.70. The molecule has 1 aromatic carbocycles. The highest BCUT2D eigenvalue weighted by Crippen LogP contribution is 2.39. The molecular formula is C17H25BrFN. The van der Waals surface area contributed by atoms with Crippen molar-refractivity contribution in [1.29, 1.82) is 0 Å². The summed E-state index contributed by atoms with van der Waals surface area (Å²) in [6.45, 7) is 8.05. The smallest absolute Gasteiger partial charge is 0.124 e. The van der Waals surface area contributed by atoms with Gasteiger partial charge in [0.25, 0.3) is 0 Å². The van der Waals surface area contributed by atoms with E-state index in [0.29, 0.717) is 5.41 Å². The fraction of sp³-hybridized carbons (Fsp3) is 0.647. The molecule has 1 fully saturated rings. The minimum atomic E-state index is -0.201. The van der Waals surface area contributed by atoms with Gasteiger partial charge in [-0.25, -0.2) is 4.39 Å². The Bertz CT molecular complexity index is 445. The average Bonchev–Trinajstić information content (AvgIpc) is 2.37. The van der Waals surface area contributed by atoms with Gasteiger partial charge < -0.3 is 5.32 Å². The molecule has 0 heterocycles. The lowest BCUT2D eigenvalue weighted by molar-refractivity contribution is 0.153. The summed E-state index contributed by atoms with van der Waals surface area (Å²) >= 11 is 3.41. The van der Waals surface area contributed by atoms with Crippen molar-refractivity contribution in [3.05, 3.63) is 28.5 Å². The van der Waals surface area contributed by atoms with Gasteiger partial charge in [0.05, 0.1) is 0 Å². The van der Waals surface area contributed by atoms with Crippen LogP contribution in [0.15, 0.2) is 22.7 Å². The zero-order valence-electron chi connectivity index (χ0n) is 12.7. The van der Waals surface area contributed by atoms with Gasteiger partial charge in [-0.1, -0.05) is 20.8 Å². The third-order valence-corrected chi connectivity index (χ3v) is 5.24. The summed E-state index contributed by atoms with van der Waals surface area (Å²) < 4.78 is 13.8. The van der Waals surface area contributed by atoms with Crippen LogP contribution in [0.5, 0.6) is 0 Å². The summed E-state index contributed by atoms with van der Waals surface area (Å²) in [4.78, 5) is 0. The van der Waals surface area contributed by atoms with E-state index in [1.165, 1.54) is 37.8 Å². The van der Waals surface area contributed by atoms with Gasteiger partial charge in [-0.2, -0.15) is 0 Å². The van der Waals surface area contributed by atoms with Crippen LogP contribution in [-0.4, -0.2) is 6.54 Å². The minimum absolute atomic E-state index is 0.201. The Morgan fingerprint density at radius 3 is 2.40 bits per heavy atom. The average molecular weight is 342 g/mol. The second-order valence-corrected chi connectivity index (χ2v) is 7.94. The molecular weight excluding hydrogens is 317 g/mol. The maximum atomic E-state index is 13.0. The number of benzene rings is 1. The Morgan fingerprint density at radius 2 is 1.85 bits per heavy atom. The Kier molecular flexibility index (Phi) is 5.11. The van der Waals surface area contributed by atoms with Crippen molar-refractivity contribution in [2.45, 2.75) is 46.5 Å². The first-order valence-corrected chi connectivity index (χ1v) is 8.34. The van der Waals surface area contributed by atoms with E-state index in [0.717, 1.165) is 28.5 Å². The van der Waals surface area contributed by atoms with Crippen LogP contribution >= 0.6 is 15.9 Å². The summed E-state index contributed by atoms with van der Waals surface area (Å²) in [6.07, 6.45) is 5.27. The van der Waals surface area contributed by atoms with Crippen molar-refractivity contribution in [3.63, 3.8) is 0 Å². The molecule has 1 aromatic rings. The molecule has 1 saturated carbocycles. The van der Waals surface area contributed by atoms with Crippen LogP contribution in [0.1, 0.15) is 46.5 Å². The molecule has 1 aliphatic rings. The van der Waals surface area contributed by atoms with E-state index in [9.17, 15) is 4.39 Å². The van der Waals surface area contributed by atoms with Gasteiger partial charge in [0.15, 0.2) is 0 Å². The standard InChI is InChI=1S/C17H25BrFN/c1-17(2,3)13-6-4-12(5-7-13)11-20-16-9-8-14(19)10-15(16)18/h8-10,12-13,20H,4-7,11H2,1-3H3. The Morgan fingerprint density at radius 1 is 1.20 bits per heavy atom. The molecule has 0 unspecified atom stereocenters. The van der Waals surface area contributed by atoms with Crippen LogP contribution in [0.25, 0.3) is 0 Å². The van der Waals surface area contributed by atoms with Gasteiger partial charge >= 0.3 is 0 Å². The molecule has 1 aliphatic carbocycles. The maximum Gasteiger partial charge on any atom is 0.124 e. The van der Waals surface area contributed by atoms with Gasteiger partial charge in [-0.05, 0) is 77.1 Å². The highest BCUT2D eigenvalue weighted by atomic mass is 79.9. The lowest BCUT2D eigenvalue weighted by Gasteiger charge is -2.37. The molecule has 0 spiro atoms. The molecule has 0 aliphatic heterocycles. The van der Waals surface area contributed by atoms with E-state index in [4.69, 9.17) is 0 Å². The first-order chi connectivity index (χ1) is 9.36. The van der Waals surface area contributed by atoms with Crippen molar-refractivity contribution in [1.82, 2.24) is 0 Å². The van der Waals surface area contributed by atoms with Crippen molar-refractivity contribution < 1.29 is 4.39 Å². The van der Waals surface area contributed by atoms with E-state index in [1.54, 1.807) is 6.07 Å². The predicted molar refractivity (Wildman–Crippen MR) is 87.5 cm³/mol. The topological polar surface area (TPSA) is 12.0 Å². The van der Waals surface area contributed by atoms with E-state index >= 15 is 0 Å². The largest absolute Gasteiger partial charge is 0.384 e.